The van der Waals surface area contributed by atoms with Crippen molar-refractivity contribution in [3.05, 3.63) is 114 Å². The van der Waals surface area contributed by atoms with Gasteiger partial charge in [0.25, 0.3) is 0 Å². The summed E-state index contributed by atoms with van der Waals surface area (Å²) in [5.74, 6) is 0. The van der Waals surface area contributed by atoms with Crippen LogP contribution in [-0.2, 0) is 6.37 Å². The normalized spacial score (nSPS) is 12.9. The van der Waals surface area contributed by atoms with Gasteiger partial charge in [-0.1, -0.05) is 122 Å². The van der Waals surface area contributed by atoms with Crippen molar-refractivity contribution in [2.75, 3.05) is 0 Å². The molecule has 0 nitrogen and oxygen atoms in total. The molecule has 1 heteroatoms. The predicted molar refractivity (Wildman–Crippen MR) is 130 cm³/mol. The van der Waals surface area contributed by atoms with Crippen LogP contribution in [0, 0.1) is 0 Å². The van der Waals surface area contributed by atoms with Crippen LogP contribution in [0.5, 0.6) is 0 Å². The summed E-state index contributed by atoms with van der Waals surface area (Å²) in [6.07, 6.45) is -1.55. The highest BCUT2D eigenvalue weighted by Gasteiger charge is 2.20. The first kappa shape index (κ1) is 17.0. The SMILES string of the molecule is [2H]C([2H])(c1ccccc1)c1cc(-c2cccc(-c3ccccc3)c2)ccc1[Si](C)(C)C. The molecule has 0 spiro atoms. The maximum absolute atomic E-state index is 9.05. The zero-order valence-corrected chi connectivity index (χ0v) is 18.3. The molecule has 0 N–H and O–H groups in total. The molecule has 29 heavy (non-hydrogen) atoms. The van der Waals surface area contributed by atoms with Crippen LogP contribution in [0.4, 0.5) is 0 Å². The van der Waals surface area contributed by atoms with E-state index in [1.165, 1.54) is 16.3 Å². The number of hydrogen-bond acceptors (Lipinski definition) is 0. The van der Waals surface area contributed by atoms with E-state index in [9.17, 15) is 0 Å². The van der Waals surface area contributed by atoms with Gasteiger partial charge in [-0.15, -0.1) is 0 Å². The molecule has 0 aliphatic rings. The zero-order valence-electron chi connectivity index (χ0n) is 19.3. The Bertz CT molecular complexity index is 1180. The molecule has 0 fully saturated rings. The summed E-state index contributed by atoms with van der Waals surface area (Å²) in [5, 5.41) is 1.17. The highest BCUT2D eigenvalue weighted by molar-refractivity contribution is 6.89. The Balaban J connectivity index is 1.86. The van der Waals surface area contributed by atoms with E-state index in [1.54, 1.807) is 0 Å². The summed E-state index contributed by atoms with van der Waals surface area (Å²) in [7, 11) is -1.75. The molecule has 4 aromatic carbocycles. The Morgan fingerprint density at radius 3 is 1.79 bits per heavy atom. The molecular formula is C28H28Si. The van der Waals surface area contributed by atoms with Gasteiger partial charge in [0.1, 0.15) is 0 Å². The number of hydrogen-bond donors (Lipinski definition) is 0. The van der Waals surface area contributed by atoms with Gasteiger partial charge >= 0.3 is 0 Å². The molecular weight excluding hydrogens is 364 g/mol. The average Bonchev–Trinajstić information content (AvgIpc) is 2.79. The zero-order chi connectivity index (χ0) is 22.1. The lowest BCUT2D eigenvalue weighted by Gasteiger charge is -2.22. The molecule has 144 valence electrons. The summed E-state index contributed by atoms with van der Waals surface area (Å²) in [6, 6.07) is 34.8. The Morgan fingerprint density at radius 2 is 1.14 bits per heavy atom. The van der Waals surface area contributed by atoms with E-state index in [-0.39, 0.29) is 0 Å². The molecule has 0 unspecified atom stereocenters. The Hall–Kier alpha value is -2.90. The van der Waals surface area contributed by atoms with Gasteiger partial charge in [0, 0.05) is 2.74 Å². The van der Waals surface area contributed by atoms with Crippen LogP contribution in [-0.4, -0.2) is 8.07 Å². The highest BCUT2D eigenvalue weighted by Crippen LogP contribution is 2.27. The van der Waals surface area contributed by atoms with Gasteiger partial charge in [-0.05, 0) is 45.8 Å². The molecule has 0 saturated carbocycles. The van der Waals surface area contributed by atoms with Crippen molar-refractivity contribution in [3.8, 4) is 22.3 Å². The maximum Gasteiger partial charge on any atom is 0.0779 e. The first-order valence-corrected chi connectivity index (χ1v) is 13.6. The fourth-order valence-electron chi connectivity index (χ4n) is 3.67. The predicted octanol–water partition coefficient (Wildman–Crippen LogP) is 7.16. The average molecular weight is 395 g/mol. The molecule has 0 amide bonds. The van der Waals surface area contributed by atoms with Gasteiger partial charge in [-0.2, -0.15) is 0 Å². The van der Waals surface area contributed by atoms with E-state index in [1.807, 2.05) is 36.4 Å². The van der Waals surface area contributed by atoms with E-state index >= 15 is 0 Å². The molecule has 0 saturated heterocycles. The van der Waals surface area contributed by atoms with E-state index < -0.39 is 14.4 Å². The molecule has 0 atom stereocenters. The summed E-state index contributed by atoms with van der Waals surface area (Å²) in [6.45, 7) is 6.84. The third-order valence-electron chi connectivity index (χ3n) is 5.18. The van der Waals surface area contributed by atoms with E-state index in [0.29, 0.717) is 5.56 Å². The van der Waals surface area contributed by atoms with Crippen LogP contribution < -0.4 is 5.19 Å². The molecule has 4 rings (SSSR count). The highest BCUT2D eigenvalue weighted by atomic mass is 28.3. The van der Waals surface area contributed by atoms with Crippen molar-refractivity contribution in [2.45, 2.75) is 26.0 Å². The van der Waals surface area contributed by atoms with E-state index in [4.69, 9.17) is 2.74 Å². The van der Waals surface area contributed by atoms with Crippen molar-refractivity contribution in [1.82, 2.24) is 0 Å². The standard InChI is InChI=1S/C28H28Si/c1-29(2,3)28-18-17-26(21-27(28)19-22-11-6-4-7-12-22)25-16-10-15-24(20-25)23-13-8-5-9-14-23/h4-18,20-21H,19H2,1-3H3/i19D2. The monoisotopic (exact) mass is 394 g/mol. The van der Waals surface area contributed by atoms with Crippen LogP contribution in [0.1, 0.15) is 13.9 Å². The van der Waals surface area contributed by atoms with Crippen LogP contribution >= 0.6 is 0 Å². The summed E-state index contributed by atoms with van der Waals surface area (Å²) in [4.78, 5) is 0. The van der Waals surface area contributed by atoms with Crippen LogP contribution in [0.3, 0.4) is 0 Å². The minimum Gasteiger partial charge on any atom is -0.0656 e. The minimum absolute atomic E-state index is 0.699. The number of benzene rings is 4. The third kappa shape index (κ3) is 4.57. The fourth-order valence-corrected chi connectivity index (χ4v) is 5.19. The van der Waals surface area contributed by atoms with Crippen molar-refractivity contribution in [3.63, 3.8) is 0 Å². The maximum atomic E-state index is 9.05. The van der Waals surface area contributed by atoms with Crippen molar-refractivity contribution < 1.29 is 2.74 Å². The quantitative estimate of drug-likeness (QED) is 0.315. The smallest absolute Gasteiger partial charge is 0.0656 e. The Morgan fingerprint density at radius 1 is 0.586 bits per heavy atom. The van der Waals surface area contributed by atoms with Gasteiger partial charge in [-0.25, -0.2) is 0 Å². The van der Waals surface area contributed by atoms with Gasteiger partial charge < -0.3 is 0 Å². The molecule has 4 aromatic rings. The largest absolute Gasteiger partial charge is 0.0779 e. The molecule has 0 heterocycles. The second kappa shape index (κ2) is 8.22. The minimum atomic E-state index is -1.75. The lowest BCUT2D eigenvalue weighted by Crippen LogP contribution is -2.40. The second-order valence-electron chi connectivity index (χ2n) is 8.45. The van der Waals surface area contributed by atoms with Crippen LogP contribution in [0.15, 0.2) is 103 Å². The lowest BCUT2D eigenvalue weighted by molar-refractivity contribution is 1.20. The first-order chi connectivity index (χ1) is 14.8. The van der Waals surface area contributed by atoms with E-state index in [0.717, 1.165) is 16.7 Å². The molecule has 0 aliphatic heterocycles. The lowest BCUT2D eigenvalue weighted by atomic mass is 9.96. The molecule has 0 aliphatic carbocycles. The van der Waals surface area contributed by atoms with Gasteiger partial charge in [0.2, 0.25) is 0 Å². The van der Waals surface area contributed by atoms with Crippen molar-refractivity contribution in [2.24, 2.45) is 0 Å². The Kier molecular flexibility index (Phi) is 4.82. The van der Waals surface area contributed by atoms with Crippen molar-refractivity contribution >= 4 is 13.3 Å². The van der Waals surface area contributed by atoms with Crippen molar-refractivity contribution in [1.29, 1.82) is 0 Å². The Labute approximate surface area is 178 Å². The van der Waals surface area contributed by atoms with Gasteiger partial charge in [-0.3, -0.25) is 0 Å². The second-order valence-corrected chi connectivity index (χ2v) is 13.5. The molecule has 0 aromatic heterocycles. The topological polar surface area (TPSA) is 0 Å². The summed E-state index contributed by atoms with van der Waals surface area (Å²) >= 11 is 0. The van der Waals surface area contributed by atoms with Crippen LogP contribution in [0.2, 0.25) is 19.6 Å². The van der Waals surface area contributed by atoms with E-state index in [2.05, 4.69) is 86.4 Å². The first-order valence-electron chi connectivity index (χ1n) is 11.1. The third-order valence-corrected chi connectivity index (χ3v) is 7.24. The number of rotatable bonds is 5. The molecule has 0 radical (unpaired) electrons. The summed E-state index contributed by atoms with van der Waals surface area (Å²) in [5.41, 5.74) is 6.00. The summed E-state index contributed by atoms with van der Waals surface area (Å²) < 4.78 is 18.1. The molecule has 0 bridgehead atoms. The van der Waals surface area contributed by atoms with Gasteiger partial charge in [0.15, 0.2) is 0 Å². The van der Waals surface area contributed by atoms with Gasteiger partial charge in [0.05, 0.1) is 8.07 Å². The fraction of sp³-hybridized carbons (Fsp3) is 0.143. The van der Waals surface area contributed by atoms with Crippen LogP contribution in [0.25, 0.3) is 22.3 Å².